The van der Waals surface area contributed by atoms with E-state index in [1.165, 1.54) is 0 Å². The topological polar surface area (TPSA) is 43.6 Å². The van der Waals surface area contributed by atoms with Crippen LogP contribution >= 0.6 is 0 Å². The van der Waals surface area contributed by atoms with E-state index in [-0.39, 0.29) is 0 Å². The Labute approximate surface area is 82.6 Å². The largest absolute Gasteiger partial charge is 0.205 e. The highest BCUT2D eigenvalue weighted by Gasteiger charge is 2.06. The van der Waals surface area contributed by atoms with Crippen LogP contribution in [0.5, 0.6) is 0 Å². The number of hydrogen-bond acceptors (Lipinski definition) is 3. The summed E-state index contributed by atoms with van der Waals surface area (Å²) in [6, 6.07) is 8.89. The van der Waals surface area contributed by atoms with Gasteiger partial charge < -0.3 is 0 Å². The van der Waals surface area contributed by atoms with Crippen LogP contribution < -0.4 is 0 Å². The van der Waals surface area contributed by atoms with E-state index in [1.54, 1.807) is 4.80 Å². The standard InChI is InChI=1S/C10H11N4/c1-3-14-12-10(11-13-14)9-7-5-4-6-8(9)2/h4-5,7H,3H2,1-2H3. The summed E-state index contributed by atoms with van der Waals surface area (Å²) in [5.41, 5.74) is 2.04. The van der Waals surface area contributed by atoms with E-state index in [1.807, 2.05) is 32.0 Å². The van der Waals surface area contributed by atoms with E-state index in [4.69, 9.17) is 0 Å². The number of tetrazole rings is 1. The Morgan fingerprint density at radius 1 is 1.50 bits per heavy atom. The van der Waals surface area contributed by atoms with Crippen molar-refractivity contribution in [1.29, 1.82) is 0 Å². The Hall–Kier alpha value is -1.71. The van der Waals surface area contributed by atoms with Gasteiger partial charge in [-0.15, -0.1) is 10.2 Å². The summed E-state index contributed by atoms with van der Waals surface area (Å²) in [6.07, 6.45) is 0. The Bertz CT molecular complexity index is 433. The van der Waals surface area contributed by atoms with Crippen molar-refractivity contribution in [3.8, 4) is 11.4 Å². The van der Waals surface area contributed by atoms with Crippen LogP contribution in [0.25, 0.3) is 11.4 Å². The minimum atomic E-state index is 0.668. The van der Waals surface area contributed by atoms with Gasteiger partial charge in [0.1, 0.15) is 0 Å². The van der Waals surface area contributed by atoms with Gasteiger partial charge in [0.2, 0.25) is 5.82 Å². The third kappa shape index (κ3) is 1.51. The van der Waals surface area contributed by atoms with Crippen LogP contribution in [0.3, 0.4) is 0 Å². The molecule has 0 spiro atoms. The van der Waals surface area contributed by atoms with Crippen molar-refractivity contribution >= 4 is 0 Å². The SMILES string of the molecule is CCn1nnc(-c2ccc[c]c2C)n1. The molecule has 2 rings (SSSR count). The highest BCUT2D eigenvalue weighted by Crippen LogP contribution is 2.17. The monoisotopic (exact) mass is 187 g/mol. The normalized spacial score (nSPS) is 10.4. The molecule has 0 atom stereocenters. The first-order chi connectivity index (χ1) is 6.81. The van der Waals surface area contributed by atoms with Crippen LogP contribution in [0.15, 0.2) is 18.2 Å². The molecular formula is C10H11N4. The van der Waals surface area contributed by atoms with Gasteiger partial charge >= 0.3 is 0 Å². The third-order valence-corrected chi connectivity index (χ3v) is 2.04. The predicted octanol–water partition coefficient (Wildman–Crippen LogP) is 1.47. The predicted molar refractivity (Wildman–Crippen MR) is 52.5 cm³/mol. The molecule has 4 nitrogen and oxygen atoms in total. The molecule has 1 aromatic carbocycles. The van der Waals surface area contributed by atoms with E-state index < -0.39 is 0 Å². The van der Waals surface area contributed by atoms with Crippen molar-refractivity contribution in [2.24, 2.45) is 0 Å². The van der Waals surface area contributed by atoms with Gasteiger partial charge in [0.25, 0.3) is 0 Å². The zero-order valence-electron chi connectivity index (χ0n) is 8.23. The maximum atomic E-state index is 4.23. The van der Waals surface area contributed by atoms with Gasteiger partial charge in [0.15, 0.2) is 0 Å². The highest BCUT2D eigenvalue weighted by molar-refractivity contribution is 5.58. The van der Waals surface area contributed by atoms with Crippen molar-refractivity contribution in [1.82, 2.24) is 20.2 Å². The molecule has 2 aromatic rings. The van der Waals surface area contributed by atoms with E-state index in [2.05, 4.69) is 21.5 Å². The van der Waals surface area contributed by atoms with E-state index in [0.29, 0.717) is 5.82 Å². The van der Waals surface area contributed by atoms with Crippen molar-refractivity contribution in [2.75, 3.05) is 0 Å². The first-order valence-corrected chi connectivity index (χ1v) is 4.56. The lowest BCUT2D eigenvalue weighted by Crippen LogP contribution is -1.98. The molecule has 0 fully saturated rings. The Balaban J connectivity index is 2.44. The molecule has 71 valence electrons. The average molecular weight is 187 g/mol. The molecule has 0 aliphatic carbocycles. The Morgan fingerprint density at radius 3 is 3.00 bits per heavy atom. The number of aromatic nitrogens is 4. The molecular weight excluding hydrogens is 176 g/mol. The molecule has 0 saturated heterocycles. The first-order valence-electron chi connectivity index (χ1n) is 4.56. The molecule has 0 saturated carbocycles. The number of nitrogens with zero attached hydrogens (tertiary/aromatic N) is 4. The lowest BCUT2D eigenvalue weighted by molar-refractivity contribution is 0.553. The fourth-order valence-corrected chi connectivity index (χ4v) is 1.25. The maximum absolute atomic E-state index is 4.23. The summed E-state index contributed by atoms with van der Waals surface area (Å²) in [7, 11) is 0. The lowest BCUT2D eigenvalue weighted by Gasteiger charge is -1.97. The number of benzene rings is 1. The van der Waals surface area contributed by atoms with Gasteiger partial charge in [-0.1, -0.05) is 18.2 Å². The van der Waals surface area contributed by atoms with E-state index >= 15 is 0 Å². The zero-order valence-corrected chi connectivity index (χ0v) is 8.23. The summed E-state index contributed by atoms with van der Waals surface area (Å²) in [5, 5.41) is 12.1. The molecule has 4 heteroatoms. The van der Waals surface area contributed by atoms with Gasteiger partial charge in [0, 0.05) is 5.56 Å². The molecule has 14 heavy (non-hydrogen) atoms. The summed E-state index contributed by atoms with van der Waals surface area (Å²) < 4.78 is 0. The molecule has 0 aliphatic heterocycles. The second kappa shape index (κ2) is 3.57. The fraction of sp³-hybridized carbons (Fsp3) is 0.300. The molecule has 0 aliphatic rings. The minimum Gasteiger partial charge on any atom is -0.164 e. The number of aryl methyl sites for hydroxylation is 2. The lowest BCUT2D eigenvalue weighted by atomic mass is 10.1. The fourth-order valence-electron chi connectivity index (χ4n) is 1.25. The van der Waals surface area contributed by atoms with Crippen LogP contribution in [-0.4, -0.2) is 20.2 Å². The summed E-state index contributed by atoms with van der Waals surface area (Å²) in [5.74, 6) is 0.668. The van der Waals surface area contributed by atoms with Gasteiger partial charge in [-0.25, -0.2) is 0 Å². The van der Waals surface area contributed by atoms with Crippen molar-refractivity contribution < 1.29 is 0 Å². The zero-order chi connectivity index (χ0) is 9.97. The van der Waals surface area contributed by atoms with Crippen molar-refractivity contribution in [2.45, 2.75) is 20.4 Å². The van der Waals surface area contributed by atoms with Crippen molar-refractivity contribution in [3.05, 3.63) is 29.8 Å². The molecule has 0 unspecified atom stereocenters. The molecule has 0 N–H and O–H groups in total. The maximum Gasteiger partial charge on any atom is 0.205 e. The number of hydrogen-bond donors (Lipinski definition) is 0. The minimum absolute atomic E-state index is 0.668. The smallest absolute Gasteiger partial charge is 0.164 e. The average Bonchev–Trinajstić information content (AvgIpc) is 2.67. The van der Waals surface area contributed by atoms with E-state index in [9.17, 15) is 0 Å². The van der Waals surface area contributed by atoms with Gasteiger partial charge in [0.05, 0.1) is 6.54 Å². The molecule has 1 heterocycles. The third-order valence-electron chi connectivity index (χ3n) is 2.04. The summed E-state index contributed by atoms with van der Waals surface area (Å²) >= 11 is 0. The quantitative estimate of drug-likeness (QED) is 0.715. The number of rotatable bonds is 2. The molecule has 1 aromatic heterocycles. The second-order valence-corrected chi connectivity index (χ2v) is 3.01. The van der Waals surface area contributed by atoms with Crippen LogP contribution in [-0.2, 0) is 6.54 Å². The van der Waals surface area contributed by atoms with Crippen LogP contribution in [0.1, 0.15) is 12.5 Å². The molecule has 0 amide bonds. The second-order valence-electron chi connectivity index (χ2n) is 3.01. The Kier molecular flexibility index (Phi) is 2.26. The van der Waals surface area contributed by atoms with Crippen molar-refractivity contribution in [3.63, 3.8) is 0 Å². The highest BCUT2D eigenvalue weighted by atomic mass is 15.6. The van der Waals surface area contributed by atoms with Gasteiger partial charge in [-0.05, 0) is 30.7 Å². The van der Waals surface area contributed by atoms with Crippen LogP contribution in [0, 0.1) is 13.0 Å². The van der Waals surface area contributed by atoms with Crippen LogP contribution in [0.4, 0.5) is 0 Å². The van der Waals surface area contributed by atoms with Gasteiger partial charge in [-0.2, -0.15) is 4.80 Å². The molecule has 1 radical (unpaired) electrons. The first kappa shape index (κ1) is 8.87. The van der Waals surface area contributed by atoms with Crippen LogP contribution in [0.2, 0.25) is 0 Å². The van der Waals surface area contributed by atoms with E-state index in [0.717, 1.165) is 17.7 Å². The summed E-state index contributed by atoms with van der Waals surface area (Å²) in [6.45, 7) is 4.71. The summed E-state index contributed by atoms with van der Waals surface area (Å²) in [4.78, 5) is 1.57. The van der Waals surface area contributed by atoms with Gasteiger partial charge in [-0.3, -0.25) is 0 Å². The Morgan fingerprint density at radius 2 is 2.36 bits per heavy atom. The molecule has 0 bridgehead atoms.